The average Bonchev–Trinajstić information content (AvgIpc) is 3.46. The molecular weight excluding hydrogens is 516 g/mol. The Labute approximate surface area is 231 Å². The number of carbonyl (C=O) groups is 1. The molecular formula is C27H32N8O3S. The Kier molecular flexibility index (Phi) is 7.06. The summed E-state index contributed by atoms with van der Waals surface area (Å²) >= 11 is 1.33. The largest absolute Gasteiger partial charge is 0.496 e. The van der Waals surface area contributed by atoms with Crippen molar-refractivity contribution in [3.63, 3.8) is 0 Å². The van der Waals surface area contributed by atoms with Gasteiger partial charge in [0.25, 0.3) is 0 Å². The summed E-state index contributed by atoms with van der Waals surface area (Å²) in [5.74, 6) is 1.68. The van der Waals surface area contributed by atoms with Crippen LogP contribution < -0.4 is 4.74 Å². The first-order valence-corrected chi connectivity index (χ1v) is 13.6. The minimum Gasteiger partial charge on any atom is -0.496 e. The summed E-state index contributed by atoms with van der Waals surface area (Å²) in [6, 6.07) is 2.09. The molecule has 2 aromatic heterocycles. The molecule has 0 saturated heterocycles. The first-order chi connectivity index (χ1) is 18.6. The van der Waals surface area contributed by atoms with Crippen LogP contribution >= 0.6 is 11.9 Å². The molecule has 1 N–H and O–H groups in total. The molecule has 39 heavy (non-hydrogen) atoms. The first kappa shape index (κ1) is 26.7. The Morgan fingerprint density at radius 1 is 1.26 bits per heavy atom. The molecule has 1 amide bonds. The van der Waals surface area contributed by atoms with E-state index in [1.54, 1.807) is 30.6 Å². The molecule has 0 aromatic carbocycles. The van der Waals surface area contributed by atoms with Crippen molar-refractivity contribution in [3.05, 3.63) is 64.6 Å². The SMILES string of the molecule is COc1c(C)cnc(Cn2nc3cc(CCn4ccnc4)c4c-3c(n2)C(N(C(=O)O)C(C)(C)C)=NSC4)c1C. The molecule has 4 heterocycles. The summed E-state index contributed by atoms with van der Waals surface area (Å²) in [7, 11) is 1.65. The van der Waals surface area contributed by atoms with Crippen molar-refractivity contribution < 1.29 is 14.6 Å². The minimum atomic E-state index is -1.09. The van der Waals surface area contributed by atoms with Gasteiger partial charge in [-0.2, -0.15) is 19.4 Å². The molecule has 11 nitrogen and oxygen atoms in total. The number of ether oxygens (including phenoxy) is 1. The molecule has 0 unspecified atom stereocenters. The van der Waals surface area contributed by atoms with Crippen molar-refractivity contribution in [2.24, 2.45) is 4.40 Å². The van der Waals surface area contributed by atoms with Crippen molar-refractivity contribution >= 4 is 23.9 Å². The lowest BCUT2D eigenvalue weighted by Gasteiger charge is -2.33. The standard InChI is InChI=1S/C27H32N8O3S/c1-16-12-29-21(17(2)24(16)38-6)13-34-30-20-11-18(7-9-33-10-8-28-15-33)19-14-39-32-25(23(31-34)22(19)20)35(26(36)37)27(3,4)5/h8,10-12,15H,7,9,13-14H2,1-6H3,(H,36,37). The van der Waals surface area contributed by atoms with E-state index >= 15 is 0 Å². The zero-order valence-electron chi connectivity index (χ0n) is 23.0. The van der Waals surface area contributed by atoms with Crippen LogP contribution in [0.5, 0.6) is 5.75 Å². The first-order valence-electron chi connectivity index (χ1n) is 12.7. The van der Waals surface area contributed by atoms with Crippen LogP contribution in [0.25, 0.3) is 11.3 Å². The van der Waals surface area contributed by atoms with Crippen molar-refractivity contribution in [1.82, 2.24) is 34.4 Å². The second kappa shape index (κ2) is 10.3. The highest BCUT2D eigenvalue weighted by molar-refractivity contribution is 7.97. The Morgan fingerprint density at radius 2 is 2.05 bits per heavy atom. The van der Waals surface area contributed by atoms with Crippen LogP contribution in [0.2, 0.25) is 0 Å². The van der Waals surface area contributed by atoms with E-state index in [0.29, 0.717) is 23.8 Å². The number of hydrogen-bond donors (Lipinski definition) is 1. The summed E-state index contributed by atoms with van der Waals surface area (Å²) in [6.07, 6.45) is 6.97. The second-order valence-electron chi connectivity index (χ2n) is 10.6. The van der Waals surface area contributed by atoms with Gasteiger partial charge in [-0.3, -0.25) is 9.88 Å². The number of aromatic nitrogens is 6. The molecule has 0 saturated carbocycles. The fourth-order valence-electron chi connectivity index (χ4n) is 4.99. The normalized spacial score (nSPS) is 13.3. The Bertz CT molecular complexity index is 1520. The maximum Gasteiger partial charge on any atom is 0.413 e. The van der Waals surface area contributed by atoms with Gasteiger partial charge in [-0.1, -0.05) is 0 Å². The zero-order chi connectivity index (χ0) is 27.9. The predicted octanol–water partition coefficient (Wildman–Crippen LogP) is 4.58. The van der Waals surface area contributed by atoms with E-state index in [2.05, 4.69) is 16.0 Å². The molecule has 0 fully saturated rings. The van der Waals surface area contributed by atoms with Gasteiger partial charge in [-0.25, -0.2) is 9.78 Å². The van der Waals surface area contributed by atoms with Crippen LogP contribution in [0.15, 0.2) is 35.4 Å². The smallest absolute Gasteiger partial charge is 0.413 e. The number of amidine groups is 1. The quantitative estimate of drug-likeness (QED) is 0.347. The Hall–Kier alpha value is -3.93. The van der Waals surface area contributed by atoms with Crippen LogP contribution in [0.3, 0.4) is 0 Å². The highest BCUT2D eigenvalue weighted by Crippen LogP contribution is 2.40. The number of aryl methyl sites for hydroxylation is 3. The third-order valence-corrected chi connectivity index (χ3v) is 7.54. The molecule has 2 aliphatic heterocycles. The third kappa shape index (κ3) is 5.08. The maximum atomic E-state index is 12.5. The lowest BCUT2D eigenvalue weighted by molar-refractivity contribution is 0.141. The van der Waals surface area contributed by atoms with Gasteiger partial charge in [0, 0.05) is 53.1 Å². The predicted molar refractivity (Wildman–Crippen MR) is 149 cm³/mol. The van der Waals surface area contributed by atoms with Crippen LogP contribution in [0.1, 0.15) is 54.4 Å². The van der Waals surface area contributed by atoms with Gasteiger partial charge in [0.15, 0.2) is 5.84 Å². The van der Waals surface area contributed by atoms with Crippen LogP contribution in [0, 0.1) is 13.8 Å². The summed E-state index contributed by atoms with van der Waals surface area (Å²) in [5.41, 5.74) is 6.22. The van der Waals surface area contributed by atoms with Gasteiger partial charge in [-0.15, -0.1) is 0 Å². The van der Waals surface area contributed by atoms with Crippen molar-refractivity contribution in [3.8, 4) is 17.0 Å². The molecule has 204 valence electrons. The van der Waals surface area contributed by atoms with E-state index in [9.17, 15) is 9.90 Å². The van der Waals surface area contributed by atoms with Crippen molar-refractivity contribution in [1.29, 1.82) is 0 Å². The Balaban J connectivity index is 1.66. The van der Waals surface area contributed by atoms with E-state index < -0.39 is 11.6 Å². The van der Waals surface area contributed by atoms with E-state index in [1.165, 1.54) is 16.8 Å². The lowest BCUT2D eigenvalue weighted by atomic mass is 10.0. The third-order valence-electron chi connectivity index (χ3n) is 6.82. The fourth-order valence-corrected chi connectivity index (χ4v) is 5.80. The number of methoxy groups -OCH3 is 1. The summed E-state index contributed by atoms with van der Waals surface area (Å²) in [6.45, 7) is 10.5. The summed E-state index contributed by atoms with van der Waals surface area (Å²) < 4.78 is 12.3. The van der Waals surface area contributed by atoms with Crippen LogP contribution in [-0.4, -0.2) is 64.1 Å². The lowest BCUT2D eigenvalue weighted by Crippen LogP contribution is -2.49. The number of hydrogen-bond acceptors (Lipinski definition) is 8. The monoisotopic (exact) mass is 548 g/mol. The van der Waals surface area contributed by atoms with Crippen LogP contribution in [-0.2, 0) is 25.3 Å². The molecule has 0 atom stereocenters. The molecule has 2 aromatic rings. The molecule has 1 aliphatic carbocycles. The van der Waals surface area contributed by atoms with Gasteiger partial charge in [0.1, 0.15) is 18.0 Å². The van der Waals surface area contributed by atoms with Gasteiger partial charge in [0.2, 0.25) is 0 Å². The van der Waals surface area contributed by atoms with Gasteiger partial charge in [0.05, 0.1) is 24.8 Å². The van der Waals surface area contributed by atoms with Crippen molar-refractivity contribution in [2.75, 3.05) is 7.11 Å². The van der Waals surface area contributed by atoms with Gasteiger partial charge >= 0.3 is 6.09 Å². The molecule has 3 aliphatic rings. The number of amides is 1. The molecule has 5 rings (SSSR count). The number of rotatable bonds is 6. The van der Waals surface area contributed by atoms with E-state index in [0.717, 1.165) is 57.9 Å². The molecule has 0 bridgehead atoms. The zero-order valence-corrected chi connectivity index (χ0v) is 23.8. The highest BCUT2D eigenvalue weighted by Gasteiger charge is 2.37. The highest BCUT2D eigenvalue weighted by atomic mass is 32.2. The Morgan fingerprint density at radius 3 is 2.72 bits per heavy atom. The number of pyridine rings is 1. The number of nitrogens with zero attached hydrogens (tertiary/aromatic N) is 8. The van der Waals surface area contributed by atoms with Gasteiger partial charge < -0.3 is 14.4 Å². The fraction of sp³-hybridized carbons (Fsp3) is 0.407. The van der Waals surface area contributed by atoms with Crippen molar-refractivity contribution in [2.45, 2.75) is 65.4 Å². The second-order valence-corrected chi connectivity index (χ2v) is 11.3. The summed E-state index contributed by atoms with van der Waals surface area (Å²) in [5, 5.41) is 20.0. The molecule has 0 spiro atoms. The number of imidazole rings is 1. The average molecular weight is 549 g/mol. The van der Waals surface area contributed by atoms with Crippen LogP contribution in [0.4, 0.5) is 4.79 Å². The molecule has 12 heteroatoms. The van der Waals surface area contributed by atoms with Gasteiger partial charge in [-0.05, 0) is 70.2 Å². The maximum absolute atomic E-state index is 12.5. The van der Waals surface area contributed by atoms with E-state index in [1.807, 2.05) is 45.4 Å². The van der Waals surface area contributed by atoms with E-state index in [4.69, 9.17) is 19.3 Å². The molecule has 0 radical (unpaired) electrons. The minimum absolute atomic E-state index is 0.291. The topological polar surface area (TPSA) is 124 Å². The number of carboxylic acid groups (broad SMARTS) is 1. The van der Waals surface area contributed by atoms with E-state index in [-0.39, 0.29) is 0 Å². The summed E-state index contributed by atoms with van der Waals surface area (Å²) in [4.78, 5) is 24.1.